The molecule has 5 rings (SSSR count). The summed E-state index contributed by atoms with van der Waals surface area (Å²) in [5.41, 5.74) is 5.00. The number of aliphatic carboxylic acids is 1. The second-order valence-corrected chi connectivity index (χ2v) is 13.2. The molecule has 1 saturated carbocycles. The van der Waals surface area contributed by atoms with Gasteiger partial charge >= 0.3 is 11.7 Å². The number of fused-ring (bicyclic) bond motifs is 2. The molecule has 0 spiro atoms. The van der Waals surface area contributed by atoms with Crippen molar-refractivity contribution >= 4 is 22.8 Å². The molecule has 0 amide bonds. The molecule has 2 aromatic heterocycles. The van der Waals surface area contributed by atoms with Crippen LogP contribution in [0.15, 0.2) is 29.1 Å². The Morgan fingerprint density at radius 1 is 1.19 bits per heavy atom. The first kappa shape index (κ1) is 30.3. The van der Waals surface area contributed by atoms with E-state index in [-0.39, 0.29) is 17.8 Å². The lowest BCUT2D eigenvalue weighted by atomic mass is 9.98. The molecule has 1 fully saturated rings. The van der Waals surface area contributed by atoms with Gasteiger partial charge < -0.3 is 15.2 Å². The number of hydrogen-bond acceptors (Lipinski definition) is 6. The van der Waals surface area contributed by atoms with Gasteiger partial charge in [0.15, 0.2) is 0 Å². The van der Waals surface area contributed by atoms with Crippen LogP contribution in [0.4, 0.5) is 5.82 Å². The van der Waals surface area contributed by atoms with Crippen LogP contribution in [0.2, 0.25) is 0 Å². The highest BCUT2D eigenvalue weighted by Gasteiger charge is 2.37. The van der Waals surface area contributed by atoms with Gasteiger partial charge in [-0.05, 0) is 103 Å². The molecule has 1 aliphatic heterocycles. The zero-order valence-electron chi connectivity index (χ0n) is 26.1. The largest absolute Gasteiger partial charge is 0.480 e. The molecule has 0 unspecified atom stereocenters. The molecule has 0 radical (unpaired) electrons. The zero-order chi connectivity index (χ0) is 30.2. The van der Waals surface area contributed by atoms with Crippen LogP contribution in [-0.2, 0) is 35.0 Å². The van der Waals surface area contributed by atoms with Crippen molar-refractivity contribution in [1.29, 1.82) is 0 Å². The number of carboxylic acid groups (broad SMARTS) is 1. The summed E-state index contributed by atoms with van der Waals surface area (Å²) in [5.74, 6) is 0.144. The maximum atomic E-state index is 13.3. The number of aryl methyl sites for hydroxylation is 4. The van der Waals surface area contributed by atoms with Gasteiger partial charge in [0.25, 0.3) is 0 Å². The SMILES string of the molecule is Cc1ccc([C@H](C(=O)O)N(C)[C@H]2CC[C@H](OCCCCc3ccc4c(n3)NCCC4)C2)c2c1n(C(C)(C)C)c(=O)n2C. The van der Waals surface area contributed by atoms with Crippen molar-refractivity contribution < 1.29 is 14.6 Å². The Morgan fingerprint density at radius 2 is 1.98 bits per heavy atom. The Morgan fingerprint density at radius 3 is 2.71 bits per heavy atom. The van der Waals surface area contributed by atoms with Crippen molar-refractivity contribution in [1.82, 2.24) is 19.0 Å². The van der Waals surface area contributed by atoms with Crippen molar-refractivity contribution in [2.45, 2.75) is 103 Å². The van der Waals surface area contributed by atoms with E-state index in [1.807, 2.05) is 51.8 Å². The van der Waals surface area contributed by atoms with Gasteiger partial charge in [0, 0.05) is 43.0 Å². The van der Waals surface area contributed by atoms with E-state index in [1.54, 1.807) is 16.2 Å². The number of imidazole rings is 1. The number of benzene rings is 1. The van der Waals surface area contributed by atoms with E-state index >= 15 is 0 Å². The van der Waals surface area contributed by atoms with E-state index in [2.05, 4.69) is 17.4 Å². The molecule has 2 aliphatic rings. The summed E-state index contributed by atoms with van der Waals surface area (Å²) in [6.07, 6.45) is 7.95. The summed E-state index contributed by atoms with van der Waals surface area (Å²) in [7, 11) is 3.64. The highest BCUT2D eigenvalue weighted by molar-refractivity contribution is 5.89. The number of ether oxygens (including phenoxy) is 1. The highest BCUT2D eigenvalue weighted by Crippen LogP contribution is 2.36. The van der Waals surface area contributed by atoms with Crippen molar-refractivity contribution in [3.05, 3.63) is 57.1 Å². The number of unbranched alkanes of at least 4 members (excludes halogenated alkanes) is 1. The van der Waals surface area contributed by atoms with E-state index in [0.29, 0.717) is 17.7 Å². The molecule has 2 N–H and O–H groups in total. The average Bonchev–Trinajstić information content (AvgIpc) is 3.52. The van der Waals surface area contributed by atoms with Gasteiger partial charge in [-0.25, -0.2) is 9.78 Å². The smallest absolute Gasteiger partial charge is 0.329 e. The summed E-state index contributed by atoms with van der Waals surface area (Å²) < 4.78 is 9.67. The fourth-order valence-corrected chi connectivity index (χ4v) is 6.86. The van der Waals surface area contributed by atoms with E-state index < -0.39 is 17.6 Å². The highest BCUT2D eigenvalue weighted by atomic mass is 16.5. The molecule has 42 heavy (non-hydrogen) atoms. The summed E-state index contributed by atoms with van der Waals surface area (Å²) in [5, 5.41) is 13.9. The minimum Gasteiger partial charge on any atom is -0.480 e. The molecule has 0 saturated heterocycles. The van der Waals surface area contributed by atoms with Gasteiger partial charge in [-0.1, -0.05) is 18.2 Å². The number of carbonyl (C=O) groups is 1. The summed E-state index contributed by atoms with van der Waals surface area (Å²) in [6.45, 7) is 9.69. The number of rotatable bonds is 10. The van der Waals surface area contributed by atoms with E-state index in [9.17, 15) is 14.7 Å². The Bertz CT molecular complexity index is 1500. The number of hydrogen-bond donors (Lipinski definition) is 2. The van der Waals surface area contributed by atoms with Crippen LogP contribution < -0.4 is 11.0 Å². The van der Waals surface area contributed by atoms with E-state index in [4.69, 9.17) is 9.72 Å². The van der Waals surface area contributed by atoms with E-state index in [1.165, 1.54) is 12.0 Å². The molecule has 9 nitrogen and oxygen atoms in total. The third-order valence-electron chi connectivity index (χ3n) is 9.09. The Kier molecular flexibility index (Phi) is 8.81. The van der Waals surface area contributed by atoms with Gasteiger partial charge in [0.05, 0.1) is 17.1 Å². The van der Waals surface area contributed by atoms with Crippen LogP contribution in [-0.4, -0.2) is 62.4 Å². The molecule has 3 aromatic rings. The third-order valence-corrected chi connectivity index (χ3v) is 9.09. The molecule has 3 atom stereocenters. The monoisotopic (exact) mass is 577 g/mol. The fraction of sp³-hybridized carbons (Fsp3) is 0.606. The third kappa shape index (κ3) is 5.99. The number of pyridine rings is 1. The molecular weight excluding hydrogens is 530 g/mol. The first-order valence-corrected chi connectivity index (χ1v) is 15.5. The number of nitrogens with zero attached hydrogens (tertiary/aromatic N) is 4. The summed E-state index contributed by atoms with van der Waals surface area (Å²) >= 11 is 0. The second kappa shape index (κ2) is 12.2. The molecule has 0 bridgehead atoms. The molecule has 1 aliphatic carbocycles. The first-order valence-electron chi connectivity index (χ1n) is 15.5. The zero-order valence-corrected chi connectivity index (χ0v) is 26.1. The van der Waals surface area contributed by atoms with Gasteiger partial charge in [0.1, 0.15) is 11.9 Å². The average molecular weight is 578 g/mol. The van der Waals surface area contributed by atoms with E-state index in [0.717, 1.165) is 74.1 Å². The predicted molar refractivity (Wildman–Crippen MR) is 166 cm³/mol. The summed E-state index contributed by atoms with van der Waals surface area (Å²) in [6, 6.07) is 7.41. The van der Waals surface area contributed by atoms with Crippen LogP contribution in [0.1, 0.15) is 87.7 Å². The molecular formula is C33H47N5O4. The Balaban J connectivity index is 1.21. The normalized spacial score (nSPS) is 19.7. The number of anilines is 1. The maximum absolute atomic E-state index is 13.3. The van der Waals surface area contributed by atoms with Crippen molar-refractivity contribution in [3.8, 4) is 0 Å². The standard InChI is InChI=1S/C33H47N5O4/c1-21-12-17-26(28-27(21)38(33(2,3)4)32(41)37(28)6)29(31(39)40)36(5)24-15-16-25(20-24)42-19-8-7-11-23-14-13-22-10-9-18-34-30(22)35-23/h12-14,17,24-25,29H,7-11,15-16,18-20H2,1-6H3,(H,34,35)(H,39,40)/t24-,25-,29+/m0/s1. The number of nitrogens with one attached hydrogen (secondary N) is 1. The van der Waals surface area contributed by atoms with Crippen LogP contribution in [0.3, 0.4) is 0 Å². The van der Waals surface area contributed by atoms with Crippen LogP contribution in [0, 0.1) is 6.92 Å². The van der Waals surface area contributed by atoms with Crippen molar-refractivity contribution in [2.24, 2.45) is 7.05 Å². The minimum atomic E-state index is -0.908. The number of aromatic nitrogens is 3. The molecule has 228 valence electrons. The molecule has 3 heterocycles. The minimum absolute atomic E-state index is 0.0846. The van der Waals surface area contributed by atoms with Gasteiger partial charge in [-0.15, -0.1) is 0 Å². The first-order chi connectivity index (χ1) is 20.0. The summed E-state index contributed by atoms with van der Waals surface area (Å²) in [4.78, 5) is 32.9. The Hall–Kier alpha value is -3.17. The quantitative estimate of drug-likeness (QED) is 0.321. The van der Waals surface area contributed by atoms with Crippen LogP contribution >= 0.6 is 0 Å². The molecule has 9 heteroatoms. The number of carboxylic acids is 1. The molecule has 1 aromatic carbocycles. The van der Waals surface area contributed by atoms with Gasteiger partial charge in [0.2, 0.25) is 0 Å². The topological polar surface area (TPSA) is 102 Å². The van der Waals surface area contributed by atoms with Crippen molar-refractivity contribution in [2.75, 3.05) is 25.5 Å². The van der Waals surface area contributed by atoms with Crippen molar-refractivity contribution in [3.63, 3.8) is 0 Å². The fourth-order valence-electron chi connectivity index (χ4n) is 6.86. The Labute approximate surface area is 248 Å². The lowest BCUT2D eigenvalue weighted by Gasteiger charge is -2.31. The second-order valence-electron chi connectivity index (χ2n) is 13.2. The van der Waals surface area contributed by atoms with Gasteiger partial charge in [-0.3, -0.25) is 18.8 Å². The lowest BCUT2D eigenvalue weighted by molar-refractivity contribution is -0.144. The van der Waals surface area contributed by atoms with Gasteiger partial charge in [-0.2, -0.15) is 0 Å². The maximum Gasteiger partial charge on any atom is 0.329 e. The van der Waals surface area contributed by atoms with Crippen LogP contribution in [0.25, 0.3) is 11.0 Å². The predicted octanol–water partition coefficient (Wildman–Crippen LogP) is 5.17. The van der Waals surface area contributed by atoms with Crippen LogP contribution in [0.5, 0.6) is 0 Å². The lowest BCUT2D eigenvalue weighted by Crippen LogP contribution is -2.38. The number of likely N-dealkylation sites (N-methyl/N-ethyl adjacent to an activating group) is 1.